The maximum absolute atomic E-state index is 11.8. The molecule has 0 saturated heterocycles. The van der Waals surface area contributed by atoms with E-state index in [1.54, 1.807) is 6.20 Å². The van der Waals surface area contributed by atoms with Crippen LogP contribution in [0.25, 0.3) is 11.0 Å². The molecule has 0 spiro atoms. The first-order valence-corrected chi connectivity index (χ1v) is 7.93. The number of methoxy groups -OCH3 is 1. The Morgan fingerprint density at radius 2 is 2.17 bits per heavy atom. The number of urea groups is 1. The van der Waals surface area contributed by atoms with E-state index < -0.39 is 12.0 Å². The predicted octanol–water partition coefficient (Wildman–Crippen LogP) is 2.66. The molecule has 24 heavy (non-hydrogen) atoms. The fourth-order valence-electron chi connectivity index (χ4n) is 2.09. The first kappa shape index (κ1) is 15.8. The maximum Gasteiger partial charge on any atom is 0.325 e. The van der Waals surface area contributed by atoms with Crippen molar-refractivity contribution in [1.82, 2.24) is 15.3 Å². The third-order valence-electron chi connectivity index (χ3n) is 3.24. The van der Waals surface area contributed by atoms with Crippen LogP contribution in [0.5, 0.6) is 0 Å². The first-order valence-electron chi connectivity index (χ1n) is 7.05. The van der Waals surface area contributed by atoms with Crippen molar-refractivity contribution in [2.24, 2.45) is 0 Å². The Hall–Kier alpha value is -3.07. The fraction of sp³-hybridized carbons (Fsp3) is 0.133. The van der Waals surface area contributed by atoms with E-state index in [4.69, 9.17) is 0 Å². The molecule has 0 radical (unpaired) electrons. The predicted molar refractivity (Wildman–Crippen MR) is 92.7 cm³/mol. The minimum absolute atomic E-state index is 0.190. The standard InChI is InChI=1S/C15H15N5O3S/c1-23-12(21)8-18-15(22)20-14-11(4-7-24-14)19-10-3-6-17-13-9(10)2-5-16-13/h2-7H,8H2,1H3,(H2,16,17,19)(H2,18,20,22). The number of anilines is 3. The molecule has 0 aromatic carbocycles. The minimum atomic E-state index is -0.513. The molecule has 124 valence electrons. The number of thiophene rings is 1. The third kappa shape index (κ3) is 3.46. The zero-order chi connectivity index (χ0) is 16.9. The molecule has 0 fully saturated rings. The molecule has 2 amide bonds. The van der Waals surface area contributed by atoms with Crippen molar-refractivity contribution >= 4 is 50.7 Å². The van der Waals surface area contributed by atoms with E-state index in [9.17, 15) is 9.59 Å². The van der Waals surface area contributed by atoms with Gasteiger partial charge in [0.05, 0.1) is 18.5 Å². The topological polar surface area (TPSA) is 108 Å². The molecule has 0 unspecified atom stereocenters. The molecule has 3 rings (SSSR count). The van der Waals surface area contributed by atoms with Crippen molar-refractivity contribution in [3.8, 4) is 0 Å². The summed E-state index contributed by atoms with van der Waals surface area (Å²) in [6.45, 7) is -0.190. The number of hydrogen-bond donors (Lipinski definition) is 4. The smallest absolute Gasteiger partial charge is 0.325 e. The van der Waals surface area contributed by atoms with Crippen LogP contribution in [0.4, 0.5) is 21.2 Å². The minimum Gasteiger partial charge on any atom is -0.468 e. The number of carbonyl (C=O) groups excluding carboxylic acids is 2. The molecule has 3 aromatic rings. The van der Waals surface area contributed by atoms with Gasteiger partial charge in [-0.1, -0.05) is 0 Å². The van der Waals surface area contributed by atoms with E-state index in [0.29, 0.717) is 5.00 Å². The lowest BCUT2D eigenvalue weighted by Crippen LogP contribution is -2.33. The van der Waals surface area contributed by atoms with Crippen LogP contribution in [0.3, 0.4) is 0 Å². The maximum atomic E-state index is 11.8. The van der Waals surface area contributed by atoms with E-state index >= 15 is 0 Å². The Morgan fingerprint density at radius 3 is 3.00 bits per heavy atom. The van der Waals surface area contributed by atoms with E-state index in [0.717, 1.165) is 22.4 Å². The quantitative estimate of drug-likeness (QED) is 0.532. The molecule has 9 heteroatoms. The van der Waals surface area contributed by atoms with Gasteiger partial charge in [-0.3, -0.25) is 10.1 Å². The molecule has 8 nitrogen and oxygen atoms in total. The summed E-state index contributed by atoms with van der Waals surface area (Å²) < 4.78 is 4.47. The normalized spacial score (nSPS) is 10.4. The van der Waals surface area contributed by atoms with Crippen molar-refractivity contribution in [3.63, 3.8) is 0 Å². The van der Waals surface area contributed by atoms with Crippen molar-refractivity contribution in [1.29, 1.82) is 0 Å². The molecule has 3 heterocycles. The number of amides is 2. The summed E-state index contributed by atoms with van der Waals surface area (Å²) in [6, 6.07) is 5.16. The monoisotopic (exact) mass is 345 g/mol. The van der Waals surface area contributed by atoms with Gasteiger partial charge in [0.25, 0.3) is 0 Å². The molecule has 0 bridgehead atoms. The summed E-state index contributed by atoms with van der Waals surface area (Å²) in [5.41, 5.74) is 2.40. The van der Waals surface area contributed by atoms with Crippen LogP contribution in [-0.4, -0.2) is 35.6 Å². The van der Waals surface area contributed by atoms with Crippen molar-refractivity contribution in [2.45, 2.75) is 0 Å². The second-order valence-corrected chi connectivity index (χ2v) is 5.69. The summed E-state index contributed by atoms with van der Waals surface area (Å²) in [5.74, 6) is -0.513. The van der Waals surface area contributed by atoms with Gasteiger partial charge in [-0.15, -0.1) is 11.3 Å². The van der Waals surface area contributed by atoms with E-state index in [1.807, 2.05) is 29.8 Å². The van der Waals surface area contributed by atoms with Gasteiger partial charge in [-0.2, -0.15) is 0 Å². The van der Waals surface area contributed by atoms with Gasteiger partial charge in [0.1, 0.15) is 17.2 Å². The molecule has 0 aliphatic carbocycles. The number of fused-ring (bicyclic) bond motifs is 1. The summed E-state index contributed by atoms with van der Waals surface area (Å²) >= 11 is 1.37. The van der Waals surface area contributed by atoms with Crippen LogP contribution < -0.4 is 16.0 Å². The molecule has 3 aromatic heterocycles. The molecular weight excluding hydrogens is 330 g/mol. The third-order valence-corrected chi connectivity index (χ3v) is 4.07. The van der Waals surface area contributed by atoms with Gasteiger partial charge in [-0.05, 0) is 23.6 Å². The highest BCUT2D eigenvalue weighted by atomic mass is 32.1. The summed E-state index contributed by atoms with van der Waals surface area (Å²) in [6.07, 6.45) is 3.51. The number of aromatic amines is 1. The summed E-state index contributed by atoms with van der Waals surface area (Å²) in [5, 5.41) is 11.9. The van der Waals surface area contributed by atoms with Crippen molar-refractivity contribution < 1.29 is 14.3 Å². The Balaban J connectivity index is 1.70. The molecule has 0 aliphatic rings. The van der Waals surface area contributed by atoms with Gasteiger partial charge >= 0.3 is 12.0 Å². The van der Waals surface area contributed by atoms with Gasteiger partial charge in [-0.25, -0.2) is 9.78 Å². The Bertz CT molecular complexity index is 873. The number of ether oxygens (including phenoxy) is 1. The van der Waals surface area contributed by atoms with Gasteiger partial charge in [0, 0.05) is 17.8 Å². The van der Waals surface area contributed by atoms with Crippen molar-refractivity contribution in [2.75, 3.05) is 24.3 Å². The number of hydrogen-bond acceptors (Lipinski definition) is 6. The Morgan fingerprint density at radius 1 is 1.29 bits per heavy atom. The second kappa shape index (κ2) is 7.01. The molecule has 0 atom stereocenters. The van der Waals surface area contributed by atoms with Crippen LogP contribution in [0.2, 0.25) is 0 Å². The number of carbonyl (C=O) groups is 2. The lowest BCUT2D eigenvalue weighted by atomic mass is 10.3. The number of rotatable bonds is 5. The average molecular weight is 345 g/mol. The van der Waals surface area contributed by atoms with Crippen LogP contribution in [0.15, 0.2) is 36.0 Å². The highest BCUT2D eigenvalue weighted by Gasteiger charge is 2.11. The Kier molecular flexibility index (Phi) is 4.62. The van der Waals surface area contributed by atoms with E-state index in [2.05, 4.69) is 30.7 Å². The molecule has 4 N–H and O–H groups in total. The van der Waals surface area contributed by atoms with Crippen molar-refractivity contribution in [3.05, 3.63) is 36.0 Å². The lowest BCUT2D eigenvalue weighted by Gasteiger charge is -2.10. The fourth-order valence-corrected chi connectivity index (χ4v) is 2.83. The molecular formula is C15H15N5O3S. The first-order chi connectivity index (χ1) is 11.7. The van der Waals surface area contributed by atoms with Gasteiger partial charge in [0.2, 0.25) is 0 Å². The number of nitrogens with zero attached hydrogens (tertiary/aromatic N) is 1. The van der Waals surface area contributed by atoms with Crippen LogP contribution >= 0.6 is 11.3 Å². The van der Waals surface area contributed by atoms with Gasteiger partial charge in [0.15, 0.2) is 0 Å². The number of nitrogens with one attached hydrogen (secondary N) is 4. The highest BCUT2D eigenvalue weighted by molar-refractivity contribution is 7.15. The number of H-pyrrole nitrogens is 1. The second-order valence-electron chi connectivity index (χ2n) is 4.77. The molecule has 0 saturated carbocycles. The highest BCUT2D eigenvalue weighted by Crippen LogP contribution is 2.33. The summed E-state index contributed by atoms with van der Waals surface area (Å²) in [7, 11) is 1.26. The average Bonchev–Trinajstić information content (AvgIpc) is 3.23. The Labute approximate surface area is 141 Å². The van der Waals surface area contributed by atoms with Crippen LogP contribution in [0.1, 0.15) is 0 Å². The number of aromatic nitrogens is 2. The van der Waals surface area contributed by atoms with Gasteiger partial charge < -0.3 is 20.4 Å². The largest absolute Gasteiger partial charge is 0.468 e. The van der Waals surface area contributed by atoms with E-state index in [1.165, 1.54) is 18.4 Å². The van der Waals surface area contributed by atoms with Crippen LogP contribution in [-0.2, 0) is 9.53 Å². The number of esters is 1. The lowest BCUT2D eigenvalue weighted by molar-refractivity contribution is -0.139. The number of pyridine rings is 1. The van der Waals surface area contributed by atoms with E-state index in [-0.39, 0.29) is 6.54 Å². The van der Waals surface area contributed by atoms with Crippen LogP contribution in [0, 0.1) is 0 Å². The molecule has 0 aliphatic heterocycles. The zero-order valence-electron chi connectivity index (χ0n) is 12.8. The SMILES string of the molecule is COC(=O)CNC(=O)Nc1sccc1Nc1ccnc2[nH]ccc12. The zero-order valence-corrected chi connectivity index (χ0v) is 13.6. The summed E-state index contributed by atoms with van der Waals surface area (Å²) in [4.78, 5) is 30.2.